The van der Waals surface area contributed by atoms with Crippen LogP contribution >= 0.6 is 0 Å². The number of aromatic nitrogens is 2. The molecule has 1 aromatic carbocycles. The number of anilines is 1. The van der Waals surface area contributed by atoms with Gasteiger partial charge in [-0.1, -0.05) is 38.5 Å². The first-order valence-corrected chi connectivity index (χ1v) is 10.9. The molecule has 2 N–H and O–H groups in total. The summed E-state index contributed by atoms with van der Waals surface area (Å²) in [5.74, 6) is -0.426. The van der Waals surface area contributed by atoms with Gasteiger partial charge in [-0.3, -0.25) is 14.4 Å². The topological polar surface area (TPSA) is 104 Å². The summed E-state index contributed by atoms with van der Waals surface area (Å²) in [6.45, 7) is 8.98. The number of aryl methyl sites for hydroxylation is 1. The van der Waals surface area contributed by atoms with Crippen LogP contribution in [0.2, 0.25) is 0 Å². The molecule has 0 aliphatic carbocycles. The molecule has 32 heavy (non-hydrogen) atoms. The fraction of sp³-hybridized carbons (Fsp3) is 0.458. The number of carbonyl (C=O) groups excluding carboxylic acids is 3. The fourth-order valence-electron chi connectivity index (χ4n) is 3.69. The molecular formula is C24H31N5O3. The van der Waals surface area contributed by atoms with E-state index >= 15 is 0 Å². The van der Waals surface area contributed by atoms with Gasteiger partial charge >= 0.3 is 0 Å². The fourth-order valence-corrected chi connectivity index (χ4v) is 3.69. The zero-order valence-corrected chi connectivity index (χ0v) is 19.1. The minimum Gasteiger partial charge on any atom is -0.348 e. The quantitative estimate of drug-likeness (QED) is 0.748. The highest BCUT2D eigenvalue weighted by Crippen LogP contribution is 2.20. The van der Waals surface area contributed by atoms with Crippen LogP contribution in [0.25, 0.3) is 0 Å². The molecule has 1 aliphatic heterocycles. The van der Waals surface area contributed by atoms with Gasteiger partial charge in [0, 0.05) is 43.5 Å². The van der Waals surface area contributed by atoms with Crippen LogP contribution in [-0.2, 0) is 4.79 Å². The molecule has 0 spiro atoms. The second-order valence-electron chi connectivity index (χ2n) is 9.45. The molecule has 8 nitrogen and oxygen atoms in total. The summed E-state index contributed by atoms with van der Waals surface area (Å²) in [6.07, 6.45) is 4.47. The summed E-state index contributed by atoms with van der Waals surface area (Å²) in [6, 6.07) is 7.48. The molecule has 1 aromatic heterocycles. The van der Waals surface area contributed by atoms with Gasteiger partial charge in [0.25, 0.3) is 11.8 Å². The van der Waals surface area contributed by atoms with Crippen LogP contribution in [0.3, 0.4) is 0 Å². The van der Waals surface area contributed by atoms with Crippen LogP contribution < -0.4 is 10.6 Å². The van der Waals surface area contributed by atoms with E-state index in [1.54, 1.807) is 0 Å². The van der Waals surface area contributed by atoms with Crippen molar-refractivity contribution in [3.05, 3.63) is 53.5 Å². The van der Waals surface area contributed by atoms with E-state index in [1.165, 1.54) is 12.4 Å². The van der Waals surface area contributed by atoms with Gasteiger partial charge in [-0.15, -0.1) is 0 Å². The summed E-state index contributed by atoms with van der Waals surface area (Å²) in [4.78, 5) is 47.9. The van der Waals surface area contributed by atoms with Gasteiger partial charge in [-0.05, 0) is 37.3 Å². The van der Waals surface area contributed by atoms with Gasteiger partial charge in [-0.25, -0.2) is 9.97 Å². The van der Waals surface area contributed by atoms with Crippen LogP contribution in [0.1, 0.15) is 66.4 Å². The number of hydrogen-bond donors (Lipinski definition) is 2. The Bertz CT molecular complexity index is 991. The normalized spacial score (nSPS) is 14.7. The van der Waals surface area contributed by atoms with Crippen LogP contribution in [0, 0.1) is 12.3 Å². The van der Waals surface area contributed by atoms with Crippen molar-refractivity contribution in [2.45, 2.75) is 53.0 Å². The number of rotatable bonds is 5. The summed E-state index contributed by atoms with van der Waals surface area (Å²) >= 11 is 0. The maximum absolute atomic E-state index is 12.8. The van der Waals surface area contributed by atoms with Crippen molar-refractivity contribution in [2.24, 2.45) is 5.41 Å². The van der Waals surface area contributed by atoms with E-state index in [0.717, 1.165) is 5.56 Å². The lowest BCUT2D eigenvalue weighted by molar-refractivity contribution is -0.117. The Morgan fingerprint density at radius 2 is 1.78 bits per heavy atom. The van der Waals surface area contributed by atoms with Gasteiger partial charge in [0.05, 0.1) is 0 Å². The summed E-state index contributed by atoms with van der Waals surface area (Å²) in [5.41, 5.74) is 1.64. The number of nitrogens with zero attached hydrogens (tertiary/aromatic N) is 3. The van der Waals surface area contributed by atoms with E-state index in [-0.39, 0.29) is 40.7 Å². The Kier molecular flexibility index (Phi) is 7.22. The zero-order chi connectivity index (χ0) is 23.3. The molecule has 1 fully saturated rings. The highest BCUT2D eigenvalue weighted by Gasteiger charge is 2.26. The zero-order valence-electron chi connectivity index (χ0n) is 19.1. The SMILES string of the molecule is Cc1cccc(C(=O)N2CCC(NC(=O)c3nccnc3NC(=O)CC(C)(C)C)CC2)c1. The van der Waals surface area contributed by atoms with Gasteiger partial charge in [0.15, 0.2) is 11.5 Å². The van der Waals surface area contributed by atoms with Crippen molar-refractivity contribution in [3.63, 3.8) is 0 Å². The van der Waals surface area contributed by atoms with E-state index in [4.69, 9.17) is 0 Å². The number of hydrogen-bond acceptors (Lipinski definition) is 5. The van der Waals surface area contributed by atoms with Crippen molar-refractivity contribution in [2.75, 3.05) is 18.4 Å². The lowest BCUT2D eigenvalue weighted by atomic mass is 9.92. The Labute approximate surface area is 188 Å². The first-order chi connectivity index (χ1) is 15.1. The third-order valence-corrected chi connectivity index (χ3v) is 5.24. The molecule has 1 aliphatic rings. The second kappa shape index (κ2) is 9.89. The Morgan fingerprint density at radius 1 is 1.09 bits per heavy atom. The third kappa shape index (κ3) is 6.35. The standard InChI is InChI=1S/C24H31N5O3/c1-16-6-5-7-17(14-16)23(32)29-12-8-18(9-13-29)27-22(31)20-21(26-11-10-25-20)28-19(30)15-24(2,3)4/h5-7,10-11,14,18H,8-9,12-13,15H2,1-4H3,(H,27,31)(H,26,28,30). The largest absolute Gasteiger partial charge is 0.348 e. The van der Waals surface area contributed by atoms with Crippen molar-refractivity contribution in [3.8, 4) is 0 Å². The van der Waals surface area contributed by atoms with E-state index in [2.05, 4.69) is 20.6 Å². The molecule has 170 valence electrons. The molecule has 0 saturated carbocycles. The Hall–Kier alpha value is -3.29. The first kappa shape index (κ1) is 23.4. The minimum absolute atomic E-state index is 0.0104. The monoisotopic (exact) mass is 437 g/mol. The number of piperidine rings is 1. The van der Waals surface area contributed by atoms with Gasteiger partial charge in [0.2, 0.25) is 5.91 Å². The molecule has 0 bridgehead atoms. The Morgan fingerprint density at radius 3 is 2.44 bits per heavy atom. The Balaban J connectivity index is 1.57. The van der Waals surface area contributed by atoms with E-state index in [0.29, 0.717) is 37.9 Å². The van der Waals surface area contributed by atoms with Gasteiger partial charge in [-0.2, -0.15) is 0 Å². The summed E-state index contributed by atoms with van der Waals surface area (Å²) in [5, 5.41) is 5.68. The predicted molar refractivity (Wildman–Crippen MR) is 122 cm³/mol. The lowest BCUT2D eigenvalue weighted by Gasteiger charge is -2.32. The predicted octanol–water partition coefficient (Wildman–Crippen LogP) is 3.19. The van der Waals surface area contributed by atoms with Crippen molar-refractivity contribution in [1.82, 2.24) is 20.2 Å². The molecule has 0 unspecified atom stereocenters. The summed E-state index contributed by atoms with van der Waals surface area (Å²) < 4.78 is 0. The average molecular weight is 438 g/mol. The van der Waals surface area contributed by atoms with Gasteiger partial charge < -0.3 is 15.5 Å². The minimum atomic E-state index is -0.382. The molecule has 2 aromatic rings. The molecule has 0 radical (unpaired) electrons. The van der Waals surface area contributed by atoms with Gasteiger partial charge in [0.1, 0.15) is 0 Å². The number of benzene rings is 1. The molecule has 8 heteroatoms. The third-order valence-electron chi connectivity index (χ3n) is 5.24. The number of amides is 3. The summed E-state index contributed by atoms with van der Waals surface area (Å²) in [7, 11) is 0. The first-order valence-electron chi connectivity index (χ1n) is 10.9. The van der Waals surface area contributed by atoms with Crippen molar-refractivity contribution < 1.29 is 14.4 Å². The lowest BCUT2D eigenvalue weighted by Crippen LogP contribution is -2.46. The average Bonchev–Trinajstić information content (AvgIpc) is 2.72. The van der Waals surface area contributed by atoms with Crippen molar-refractivity contribution in [1.29, 1.82) is 0 Å². The number of nitrogens with one attached hydrogen (secondary N) is 2. The number of carbonyl (C=O) groups is 3. The van der Waals surface area contributed by atoms with Crippen LogP contribution in [-0.4, -0.2) is 51.7 Å². The molecule has 3 amide bonds. The highest BCUT2D eigenvalue weighted by atomic mass is 16.2. The number of likely N-dealkylation sites (tertiary alicyclic amines) is 1. The molecule has 2 heterocycles. The maximum atomic E-state index is 12.8. The second-order valence-corrected chi connectivity index (χ2v) is 9.45. The van der Waals surface area contributed by atoms with E-state index < -0.39 is 0 Å². The highest BCUT2D eigenvalue weighted by molar-refractivity contribution is 6.01. The smallest absolute Gasteiger partial charge is 0.273 e. The molecule has 3 rings (SSSR count). The maximum Gasteiger partial charge on any atom is 0.273 e. The van der Waals surface area contributed by atoms with Crippen LogP contribution in [0.15, 0.2) is 36.7 Å². The van der Waals surface area contributed by atoms with E-state index in [1.807, 2.05) is 56.9 Å². The van der Waals surface area contributed by atoms with Crippen molar-refractivity contribution >= 4 is 23.5 Å². The molecule has 1 saturated heterocycles. The molecular weight excluding hydrogens is 406 g/mol. The van der Waals surface area contributed by atoms with E-state index in [9.17, 15) is 14.4 Å². The van der Waals surface area contributed by atoms with Crippen LogP contribution in [0.5, 0.6) is 0 Å². The molecule has 0 atom stereocenters. The van der Waals surface area contributed by atoms with Crippen LogP contribution in [0.4, 0.5) is 5.82 Å².